The molecule has 4 aromatic rings. The highest BCUT2D eigenvalue weighted by Gasteiger charge is 2.12. The van der Waals surface area contributed by atoms with Crippen LogP contribution in [-0.4, -0.2) is 14.6 Å². The molecule has 0 aliphatic rings. The quantitative estimate of drug-likeness (QED) is 0.529. The van der Waals surface area contributed by atoms with Crippen molar-refractivity contribution >= 4 is 17.2 Å². The summed E-state index contributed by atoms with van der Waals surface area (Å²) in [6.07, 6.45) is 1.68. The zero-order chi connectivity index (χ0) is 18.7. The predicted molar refractivity (Wildman–Crippen MR) is 103 cm³/mol. The standard InChI is InChI=1S/C18H11ClFN3O.C2H6/c19-13-5-1-12(2-6-13)16-9-17(24)23-18(22-16)15(10-21-23)11-3-7-14(20)8-4-11;1-2/h1-10,21H;1-2H3. The van der Waals surface area contributed by atoms with Gasteiger partial charge in [0, 0.05) is 28.4 Å². The van der Waals surface area contributed by atoms with Gasteiger partial charge >= 0.3 is 0 Å². The number of nitrogens with one attached hydrogen (secondary N) is 1. The number of rotatable bonds is 2. The molecule has 1 N–H and O–H groups in total. The van der Waals surface area contributed by atoms with Crippen molar-refractivity contribution in [2.75, 3.05) is 0 Å². The molecule has 0 saturated heterocycles. The number of benzene rings is 2. The maximum Gasteiger partial charge on any atom is 0.273 e. The summed E-state index contributed by atoms with van der Waals surface area (Å²) in [5.74, 6) is -0.314. The Morgan fingerprint density at radius 3 is 2.27 bits per heavy atom. The first-order chi connectivity index (χ1) is 12.6. The van der Waals surface area contributed by atoms with Crippen LogP contribution in [0.5, 0.6) is 0 Å². The monoisotopic (exact) mass is 369 g/mol. The van der Waals surface area contributed by atoms with Gasteiger partial charge in [0.15, 0.2) is 5.65 Å². The van der Waals surface area contributed by atoms with Gasteiger partial charge in [0.2, 0.25) is 0 Å². The van der Waals surface area contributed by atoms with Crippen molar-refractivity contribution in [2.24, 2.45) is 0 Å². The maximum absolute atomic E-state index is 13.1. The van der Waals surface area contributed by atoms with Crippen LogP contribution in [0.15, 0.2) is 65.6 Å². The third-order valence-electron chi connectivity index (χ3n) is 3.79. The lowest BCUT2D eigenvalue weighted by atomic mass is 10.1. The first-order valence-corrected chi connectivity index (χ1v) is 8.63. The molecule has 0 aliphatic carbocycles. The van der Waals surface area contributed by atoms with Crippen molar-refractivity contribution in [3.05, 3.63) is 82.0 Å². The smallest absolute Gasteiger partial charge is 0.273 e. The molecule has 0 spiro atoms. The van der Waals surface area contributed by atoms with E-state index in [9.17, 15) is 9.18 Å². The third-order valence-corrected chi connectivity index (χ3v) is 4.04. The van der Waals surface area contributed by atoms with Gasteiger partial charge in [-0.05, 0) is 29.8 Å². The second-order valence-corrected chi connectivity index (χ2v) is 5.78. The summed E-state index contributed by atoms with van der Waals surface area (Å²) in [7, 11) is 0. The van der Waals surface area contributed by atoms with E-state index in [4.69, 9.17) is 11.6 Å². The molecule has 26 heavy (non-hydrogen) atoms. The molecule has 0 atom stereocenters. The van der Waals surface area contributed by atoms with Crippen LogP contribution in [0.4, 0.5) is 4.39 Å². The van der Waals surface area contributed by atoms with Crippen molar-refractivity contribution in [3.63, 3.8) is 0 Å². The minimum atomic E-state index is -0.314. The van der Waals surface area contributed by atoms with Gasteiger partial charge in [0.25, 0.3) is 5.56 Å². The largest absolute Gasteiger partial charge is 0.296 e. The molecule has 0 fully saturated rings. The number of hydrogen-bond donors (Lipinski definition) is 1. The molecule has 4 nitrogen and oxygen atoms in total. The van der Waals surface area contributed by atoms with E-state index in [2.05, 4.69) is 10.1 Å². The Hall–Kier alpha value is -2.92. The second-order valence-electron chi connectivity index (χ2n) is 5.34. The minimum absolute atomic E-state index is 0.224. The van der Waals surface area contributed by atoms with E-state index in [1.54, 1.807) is 30.5 Å². The Morgan fingerprint density at radius 1 is 1.00 bits per heavy atom. The summed E-state index contributed by atoms with van der Waals surface area (Å²) in [5.41, 5.74) is 3.11. The van der Waals surface area contributed by atoms with Gasteiger partial charge in [-0.3, -0.25) is 9.89 Å². The van der Waals surface area contributed by atoms with Crippen LogP contribution < -0.4 is 5.56 Å². The fourth-order valence-electron chi connectivity index (χ4n) is 2.59. The molecule has 2 aromatic carbocycles. The van der Waals surface area contributed by atoms with E-state index in [1.165, 1.54) is 22.7 Å². The summed E-state index contributed by atoms with van der Waals surface area (Å²) in [6, 6.07) is 14.6. The van der Waals surface area contributed by atoms with E-state index in [1.807, 2.05) is 26.0 Å². The molecule has 0 amide bonds. The molecule has 6 heteroatoms. The van der Waals surface area contributed by atoms with Crippen LogP contribution in [-0.2, 0) is 0 Å². The SMILES string of the molecule is CC.O=c1cc(-c2ccc(Cl)cc2)nc2c(-c3ccc(F)cc3)c[nH]n12. The fourth-order valence-corrected chi connectivity index (χ4v) is 2.72. The Kier molecular flexibility index (Phi) is 5.19. The Balaban J connectivity index is 0.000000948. The summed E-state index contributed by atoms with van der Waals surface area (Å²) in [4.78, 5) is 16.9. The number of aromatic amines is 1. The zero-order valence-corrected chi connectivity index (χ0v) is 15.1. The maximum atomic E-state index is 13.1. The zero-order valence-electron chi connectivity index (χ0n) is 14.3. The average Bonchev–Trinajstić information content (AvgIpc) is 3.09. The average molecular weight is 370 g/mol. The molecule has 0 unspecified atom stereocenters. The van der Waals surface area contributed by atoms with Crippen LogP contribution in [0.3, 0.4) is 0 Å². The van der Waals surface area contributed by atoms with Gasteiger partial charge < -0.3 is 0 Å². The van der Waals surface area contributed by atoms with Crippen molar-refractivity contribution in [1.29, 1.82) is 0 Å². The van der Waals surface area contributed by atoms with E-state index < -0.39 is 0 Å². The van der Waals surface area contributed by atoms with Gasteiger partial charge in [-0.25, -0.2) is 13.9 Å². The number of halogens is 2. The van der Waals surface area contributed by atoms with E-state index in [0.717, 1.165) is 16.7 Å². The molecule has 0 bridgehead atoms. The topological polar surface area (TPSA) is 50.2 Å². The van der Waals surface area contributed by atoms with Crippen molar-refractivity contribution in [2.45, 2.75) is 13.8 Å². The van der Waals surface area contributed by atoms with Crippen LogP contribution >= 0.6 is 11.6 Å². The lowest BCUT2D eigenvalue weighted by Crippen LogP contribution is -2.14. The highest BCUT2D eigenvalue weighted by atomic mass is 35.5. The molecule has 2 heterocycles. The molecule has 132 valence electrons. The van der Waals surface area contributed by atoms with Crippen molar-refractivity contribution in [1.82, 2.24) is 14.6 Å². The second kappa shape index (κ2) is 7.54. The van der Waals surface area contributed by atoms with E-state index in [0.29, 0.717) is 16.4 Å². The van der Waals surface area contributed by atoms with Gasteiger partial charge in [-0.1, -0.05) is 49.7 Å². The molecule has 2 aromatic heterocycles. The minimum Gasteiger partial charge on any atom is -0.296 e. The predicted octanol–water partition coefficient (Wildman–Crippen LogP) is 5.18. The van der Waals surface area contributed by atoms with E-state index in [-0.39, 0.29) is 11.4 Å². The van der Waals surface area contributed by atoms with Crippen LogP contribution in [0.2, 0.25) is 5.02 Å². The highest BCUT2D eigenvalue weighted by Crippen LogP contribution is 2.25. The summed E-state index contributed by atoms with van der Waals surface area (Å²) < 4.78 is 14.5. The Labute approximate surface area is 154 Å². The van der Waals surface area contributed by atoms with Gasteiger partial charge in [-0.2, -0.15) is 0 Å². The number of H-pyrrole nitrogens is 1. The third kappa shape index (κ3) is 3.39. The van der Waals surface area contributed by atoms with Gasteiger partial charge in [0.1, 0.15) is 5.82 Å². The van der Waals surface area contributed by atoms with Gasteiger partial charge in [0.05, 0.1) is 5.69 Å². The van der Waals surface area contributed by atoms with Crippen LogP contribution in [0.25, 0.3) is 28.0 Å². The molecule has 4 rings (SSSR count). The molecular formula is C20H17ClFN3O. The van der Waals surface area contributed by atoms with Gasteiger partial charge in [-0.15, -0.1) is 0 Å². The van der Waals surface area contributed by atoms with Crippen LogP contribution in [0, 0.1) is 5.82 Å². The lowest BCUT2D eigenvalue weighted by Gasteiger charge is -2.03. The first kappa shape index (κ1) is 17.9. The summed E-state index contributed by atoms with van der Waals surface area (Å²) in [6.45, 7) is 4.00. The molecular weight excluding hydrogens is 353 g/mol. The Bertz CT molecular complexity index is 1080. The fraction of sp³-hybridized carbons (Fsp3) is 0.100. The molecule has 0 aliphatic heterocycles. The molecule has 0 radical (unpaired) electrons. The highest BCUT2D eigenvalue weighted by molar-refractivity contribution is 6.30. The number of hydrogen-bond acceptors (Lipinski definition) is 2. The van der Waals surface area contributed by atoms with Crippen molar-refractivity contribution < 1.29 is 4.39 Å². The Morgan fingerprint density at radius 2 is 1.62 bits per heavy atom. The van der Waals surface area contributed by atoms with Crippen molar-refractivity contribution in [3.8, 4) is 22.4 Å². The lowest BCUT2D eigenvalue weighted by molar-refractivity contribution is 0.628. The number of fused-ring (bicyclic) bond motifs is 1. The number of nitrogens with zero attached hydrogens (tertiary/aromatic N) is 2. The summed E-state index contributed by atoms with van der Waals surface area (Å²) >= 11 is 5.90. The molecule has 0 saturated carbocycles. The summed E-state index contributed by atoms with van der Waals surface area (Å²) in [5, 5.41) is 3.50. The van der Waals surface area contributed by atoms with Crippen LogP contribution in [0.1, 0.15) is 13.8 Å². The normalized spacial score (nSPS) is 10.5. The first-order valence-electron chi connectivity index (χ1n) is 8.25. The number of aromatic nitrogens is 3. The van der Waals surface area contributed by atoms with E-state index >= 15 is 0 Å².